The Bertz CT molecular complexity index is 1360. The van der Waals surface area contributed by atoms with Crippen LogP contribution in [0.25, 0.3) is 0 Å². The Balaban J connectivity index is 1.36. The first-order valence-corrected chi connectivity index (χ1v) is 15.4. The van der Waals surface area contributed by atoms with Gasteiger partial charge in [0.05, 0.1) is 27.4 Å². The van der Waals surface area contributed by atoms with Crippen LogP contribution in [0.2, 0.25) is 5.02 Å². The number of pyridine rings is 1. The number of aromatic nitrogens is 1. The number of thiophene rings is 1. The Morgan fingerprint density at radius 3 is 2.80 bits per heavy atom. The van der Waals surface area contributed by atoms with E-state index in [0.717, 1.165) is 71.3 Å². The van der Waals surface area contributed by atoms with Crippen molar-refractivity contribution < 1.29 is 9.59 Å². The fraction of sp³-hybridized carbons (Fsp3) is 0.452. The molecule has 2 amide bonds. The van der Waals surface area contributed by atoms with E-state index in [-0.39, 0.29) is 11.9 Å². The second kappa shape index (κ2) is 12.6. The van der Waals surface area contributed by atoms with Gasteiger partial charge in [-0.3, -0.25) is 19.5 Å². The standard InChI is InChI=1S/C31H38ClN5O2S/c1-20-26(16-24(32)18-33-20)34-21(2)29-12-13-30(40-29)37(19-38)28(15-22-7-4-5-8-22)31(39)35-25-11-10-23-9-6-14-36(3)27(23)17-25/h10-13,16-19,21-22,28,34H,4-9,14-15H2,1-3H3,(H,35,39)/t21-,28-/m0/s1. The maximum atomic E-state index is 13.8. The van der Waals surface area contributed by atoms with Crippen molar-refractivity contribution in [3.63, 3.8) is 0 Å². The third kappa shape index (κ3) is 6.44. The highest BCUT2D eigenvalue weighted by Gasteiger charge is 2.32. The van der Waals surface area contributed by atoms with Crippen LogP contribution in [0.1, 0.15) is 67.6 Å². The van der Waals surface area contributed by atoms with Gasteiger partial charge in [-0.05, 0) is 74.9 Å². The number of benzene rings is 1. The van der Waals surface area contributed by atoms with Gasteiger partial charge in [-0.25, -0.2) is 0 Å². The van der Waals surface area contributed by atoms with Crippen molar-refractivity contribution in [1.29, 1.82) is 0 Å². The summed E-state index contributed by atoms with van der Waals surface area (Å²) >= 11 is 7.68. The minimum absolute atomic E-state index is 0.0270. The number of nitrogens with one attached hydrogen (secondary N) is 2. The quantitative estimate of drug-likeness (QED) is 0.248. The van der Waals surface area contributed by atoms with Gasteiger partial charge in [0.1, 0.15) is 6.04 Å². The van der Waals surface area contributed by atoms with Gasteiger partial charge in [-0.1, -0.05) is 43.4 Å². The van der Waals surface area contributed by atoms with Gasteiger partial charge < -0.3 is 15.5 Å². The molecule has 0 unspecified atom stereocenters. The van der Waals surface area contributed by atoms with E-state index in [2.05, 4.69) is 46.6 Å². The molecule has 1 fully saturated rings. The molecule has 2 aliphatic rings. The van der Waals surface area contributed by atoms with Crippen LogP contribution in [0.4, 0.5) is 22.1 Å². The molecule has 5 rings (SSSR count). The average Bonchev–Trinajstić information content (AvgIpc) is 3.64. The lowest BCUT2D eigenvalue weighted by Crippen LogP contribution is -2.44. The molecule has 40 heavy (non-hydrogen) atoms. The van der Waals surface area contributed by atoms with E-state index < -0.39 is 6.04 Å². The third-order valence-electron chi connectivity index (χ3n) is 8.21. The Kier molecular flexibility index (Phi) is 8.96. The lowest BCUT2D eigenvalue weighted by atomic mass is 9.96. The van der Waals surface area contributed by atoms with Crippen molar-refractivity contribution in [3.8, 4) is 0 Å². The fourth-order valence-electron chi connectivity index (χ4n) is 5.92. The smallest absolute Gasteiger partial charge is 0.247 e. The molecule has 2 atom stereocenters. The summed E-state index contributed by atoms with van der Waals surface area (Å²) in [5.41, 5.74) is 4.98. The number of anilines is 4. The normalized spacial score (nSPS) is 16.8. The van der Waals surface area contributed by atoms with Crippen LogP contribution >= 0.6 is 22.9 Å². The molecular weight excluding hydrogens is 542 g/mol. The zero-order valence-electron chi connectivity index (χ0n) is 23.5. The van der Waals surface area contributed by atoms with Gasteiger partial charge in [0, 0.05) is 36.0 Å². The Morgan fingerprint density at radius 2 is 2.02 bits per heavy atom. The summed E-state index contributed by atoms with van der Waals surface area (Å²) in [7, 11) is 2.09. The fourth-order valence-corrected chi connectivity index (χ4v) is 7.10. The summed E-state index contributed by atoms with van der Waals surface area (Å²) in [6.45, 7) is 5.01. The number of carbonyl (C=O) groups is 2. The average molecular weight is 580 g/mol. The minimum Gasteiger partial charge on any atom is -0.376 e. The Morgan fingerprint density at radius 1 is 1.23 bits per heavy atom. The van der Waals surface area contributed by atoms with E-state index in [1.165, 1.54) is 29.7 Å². The van der Waals surface area contributed by atoms with Crippen LogP contribution in [0, 0.1) is 12.8 Å². The van der Waals surface area contributed by atoms with Crippen LogP contribution in [0.15, 0.2) is 42.6 Å². The summed E-state index contributed by atoms with van der Waals surface area (Å²) < 4.78 is 0. The van der Waals surface area contributed by atoms with E-state index in [1.54, 1.807) is 11.1 Å². The second-order valence-electron chi connectivity index (χ2n) is 11.1. The van der Waals surface area contributed by atoms with Crippen molar-refractivity contribution in [1.82, 2.24) is 4.98 Å². The zero-order valence-corrected chi connectivity index (χ0v) is 25.0. The molecule has 2 N–H and O–H groups in total. The van der Waals surface area contributed by atoms with E-state index >= 15 is 0 Å². The lowest BCUT2D eigenvalue weighted by molar-refractivity contribution is -0.119. The Hall–Kier alpha value is -3.10. The van der Waals surface area contributed by atoms with Crippen molar-refractivity contribution in [2.24, 2.45) is 5.92 Å². The molecule has 0 radical (unpaired) electrons. The summed E-state index contributed by atoms with van der Waals surface area (Å²) in [5, 5.41) is 7.98. The first-order chi connectivity index (χ1) is 19.3. The van der Waals surface area contributed by atoms with Crippen LogP contribution in [-0.4, -0.2) is 36.9 Å². The molecule has 0 saturated heterocycles. The van der Waals surface area contributed by atoms with Crippen molar-refractivity contribution in [3.05, 3.63) is 63.8 Å². The van der Waals surface area contributed by atoms with Gasteiger partial charge in [0.15, 0.2) is 0 Å². The number of hydrogen-bond donors (Lipinski definition) is 2. The van der Waals surface area contributed by atoms with Crippen LogP contribution in [0.3, 0.4) is 0 Å². The minimum atomic E-state index is -0.580. The number of rotatable bonds is 10. The molecule has 1 aromatic carbocycles. The summed E-state index contributed by atoms with van der Waals surface area (Å²) in [6, 6.07) is 11.4. The summed E-state index contributed by atoms with van der Waals surface area (Å²) in [5.74, 6) is 0.297. The number of hydrogen-bond acceptors (Lipinski definition) is 6. The number of carbonyl (C=O) groups excluding carboxylic acids is 2. The number of amides is 2. The topological polar surface area (TPSA) is 77.6 Å². The van der Waals surface area contributed by atoms with E-state index in [0.29, 0.717) is 17.4 Å². The predicted octanol–water partition coefficient (Wildman–Crippen LogP) is 7.21. The molecule has 0 spiro atoms. The van der Waals surface area contributed by atoms with Crippen LogP contribution in [-0.2, 0) is 16.0 Å². The number of nitrogens with zero attached hydrogens (tertiary/aromatic N) is 3. The zero-order chi connectivity index (χ0) is 28.2. The predicted molar refractivity (Wildman–Crippen MR) is 166 cm³/mol. The highest BCUT2D eigenvalue weighted by molar-refractivity contribution is 7.16. The van der Waals surface area contributed by atoms with E-state index in [9.17, 15) is 9.59 Å². The lowest BCUT2D eigenvalue weighted by Gasteiger charge is -2.30. The van der Waals surface area contributed by atoms with Gasteiger partial charge >= 0.3 is 0 Å². The van der Waals surface area contributed by atoms with Crippen LogP contribution in [0.5, 0.6) is 0 Å². The molecule has 212 valence electrons. The molecule has 1 saturated carbocycles. The molecule has 9 heteroatoms. The van der Waals surface area contributed by atoms with Gasteiger partial charge in [-0.15, -0.1) is 11.3 Å². The van der Waals surface area contributed by atoms with Crippen molar-refractivity contribution in [2.45, 2.75) is 70.9 Å². The first kappa shape index (κ1) is 28.4. The van der Waals surface area contributed by atoms with E-state index in [4.69, 9.17) is 11.6 Å². The molecule has 2 aromatic heterocycles. The SMILES string of the molecule is Cc1ncc(Cl)cc1N[C@@H](C)c1ccc(N(C=O)[C@@H](CC2CCCC2)C(=O)Nc2ccc3c(c2)N(C)CCC3)s1. The highest BCUT2D eigenvalue weighted by Crippen LogP contribution is 2.36. The summed E-state index contributed by atoms with van der Waals surface area (Å²) in [4.78, 5) is 35.7. The highest BCUT2D eigenvalue weighted by atomic mass is 35.5. The molecule has 1 aliphatic carbocycles. The second-order valence-corrected chi connectivity index (χ2v) is 12.6. The molecule has 7 nitrogen and oxygen atoms in total. The first-order valence-electron chi connectivity index (χ1n) is 14.2. The van der Waals surface area contributed by atoms with Crippen LogP contribution < -0.4 is 20.4 Å². The molecule has 0 bridgehead atoms. The monoisotopic (exact) mass is 579 g/mol. The summed E-state index contributed by atoms with van der Waals surface area (Å²) in [6.07, 6.45) is 9.87. The molecule has 3 aromatic rings. The maximum absolute atomic E-state index is 13.8. The van der Waals surface area contributed by atoms with Gasteiger partial charge in [-0.2, -0.15) is 0 Å². The third-order valence-corrected chi connectivity index (χ3v) is 9.69. The molecule has 3 heterocycles. The molecular formula is C31H38ClN5O2S. The van der Waals surface area contributed by atoms with Gasteiger partial charge in [0.2, 0.25) is 12.3 Å². The molecule has 1 aliphatic heterocycles. The number of aryl methyl sites for hydroxylation is 2. The Labute approximate surface area is 245 Å². The van der Waals surface area contributed by atoms with Gasteiger partial charge in [0.25, 0.3) is 0 Å². The largest absolute Gasteiger partial charge is 0.376 e. The number of halogens is 1. The maximum Gasteiger partial charge on any atom is 0.247 e. The number of fused-ring (bicyclic) bond motifs is 1. The van der Waals surface area contributed by atoms with Crippen molar-refractivity contribution in [2.75, 3.05) is 34.0 Å². The van der Waals surface area contributed by atoms with E-state index in [1.807, 2.05) is 31.2 Å². The van der Waals surface area contributed by atoms with Crippen molar-refractivity contribution >= 4 is 57.3 Å².